The summed E-state index contributed by atoms with van der Waals surface area (Å²) in [5.41, 5.74) is 1.14. The van der Waals surface area contributed by atoms with Gasteiger partial charge in [0.25, 0.3) is 0 Å². The zero-order valence-electron chi connectivity index (χ0n) is 10.4. The molecule has 0 aromatic heterocycles. The van der Waals surface area contributed by atoms with Crippen molar-refractivity contribution >= 4 is 0 Å². The van der Waals surface area contributed by atoms with Crippen molar-refractivity contribution in [1.29, 1.82) is 0 Å². The molecule has 3 heteroatoms. The van der Waals surface area contributed by atoms with Crippen LogP contribution >= 0.6 is 0 Å². The molecule has 0 bridgehead atoms. The van der Waals surface area contributed by atoms with Crippen LogP contribution in [0.5, 0.6) is 11.5 Å². The molecule has 90 valence electrons. The number of hydrogen-bond donors (Lipinski definition) is 1. The SMILES string of the molecule is CCCNCCc1c(OC)cccc1OC. The summed E-state index contributed by atoms with van der Waals surface area (Å²) < 4.78 is 10.7. The molecule has 0 aliphatic carbocycles. The summed E-state index contributed by atoms with van der Waals surface area (Å²) in [6.07, 6.45) is 2.08. The third-order valence-electron chi connectivity index (χ3n) is 2.51. The van der Waals surface area contributed by atoms with Crippen LogP contribution in [0.2, 0.25) is 0 Å². The summed E-state index contributed by atoms with van der Waals surface area (Å²) in [5.74, 6) is 1.80. The predicted octanol–water partition coefficient (Wildman–Crippen LogP) is 2.25. The second kappa shape index (κ2) is 7.12. The van der Waals surface area contributed by atoms with Crippen molar-refractivity contribution in [1.82, 2.24) is 5.32 Å². The molecule has 0 aliphatic heterocycles. The van der Waals surface area contributed by atoms with Crippen molar-refractivity contribution in [2.75, 3.05) is 27.3 Å². The average molecular weight is 223 g/mol. The molecule has 1 aromatic carbocycles. The molecule has 0 aliphatic rings. The summed E-state index contributed by atoms with van der Waals surface area (Å²) in [4.78, 5) is 0. The Morgan fingerprint density at radius 1 is 1.06 bits per heavy atom. The number of ether oxygens (including phenoxy) is 2. The van der Waals surface area contributed by atoms with Gasteiger partial charge < -0.3 is 14.8 Å². The molecule has 3 nitrogen and oxygen atoms in total. The lowest BCUT2D eigenvalue weighted by Gasteiger charge is -2.13. The topological polar surface area (TPSA) is 30.5 Å². The Labute approximate surface area is 97.8 Å². The van der Waals surface area contributed by atoms with Crippen molar-refractivity contribution < 1.29 is 9.47 Å². The lowest BCUT2D eigenvalue weighted by atomic mass is 10.1. The molecular weight excluding hydrogens is 202 g/mol. The number of rotatable bonds is 7. The third-order valence-corrected chi connectivity index (χ3v) is 2.51. The fourth-order valence-corrected chi connectivity index (χ4v) is 1.69. The highest BCUT2D eigenvalue weighted by Gasteiger charge is 2.08. The van der Waals surface area contributed by atoms with Crippen molar-refractivity contribution in [3.63, 3.8) is 0 Å². The normalized spacial score (nSPS) is 10.2. The van der Waals surface area contributed by atoms with Crippen molar-refractivity contribution in [3.05, 3.63) is 23.8 Å². The third kappa shape index (κ3) is 3.42. The van der Waals surface area contributed by atoms with Crippen LogP contribution in [-0.4, -0.2) is 27.3 Å². The first-order valence-corrected chi connectivity index (χ1v) is 5.74. The lowest BCUT2D eigenvalue weighted by Crippen LogP contribution is -2.18. The van der Waals surface area contributed by atoms with E-state index in [9.17, 15) is 0 Å². The number of methoxy groups -OCH3 is 2. The van der Waals surface area contributed by atoms with Gasteiger partial charge >= 0.3 is 0 Å². The van der Waals surface area contributed by atoms with Crippen LogP contribution in [0.3, 0.4) is 0 Å². The molecule has 1 aromatic rings. The van der Waals surface area contributed by atoms with Gasteiger partial charge in [-0.3, -0.25) is 0 Å². The van der Waals surface area contributed by atoms with Crippen LogP contribution in [0.25, 0.3) is 0 Å². The molecule has 0 saturated heterocycles. The molecule has 0 saturated carbocycles. The lowest BCUT2D eigenvalue weighted by molar-refractivity contribution is 0.384. The monoisotopic (exact) mass is 223 g/mol. The van der Waals surface area contributed by atoms with Crippen LogP contribution in [0.1, 0.15) is 18.9 Å². The molecule has 0 unspecified atom stereocenters. The van der Waals surface area contributed by atoms with Gasteiger partial charge in [0.2, 0.25) is 0 Å². The van der Waals surface area contributed by atoms with E-state index >= 15 is 0 Å². The predicted molar refractivity (Wildman–Crippen MR) is 66.4 cm³/mol. The molecule has 1 N–H and O–H groups in total. The maximum absolute atomic E-state index is 5.34. The fourth-order valence-electron chi connectivity index (χ4n) is 1.69. The summed E-state index contributed by atoms with van der Waals surface area (Å²) in [6.45, 7) is 4.17. The van der Waals surface area contributed by atoms with Crippen molar-refractivity contribution in [3.8, 4) is 11.5 Å². The average Bonchev–Trinajstić information content (AvgIpc) is 2.34. The molecule has 0 amide bonds. The smallest absolute Gasteiger partial charge is 0.125 e. The second-order valence-electron chi connectivity index (χ2n) is 3.64. The van der Waals surface area contributed by atoms with Crippen LogP contribution < -0.4 is 14.8 Å². The minimum absolute atomic E-state index is 0.901. The van der Waals surface area contributed by atoms with Gasteiger partial charge in [-0.05, 0) is 38.1 Å². The Morgan fingerprint density at radius 2 is 1.69 bits per heavy atom. The highest BCUT2D eigenvalue weighted by Crippen LogP contribution is 2.28. The first-order chi connectivity index (χ1) is 7.83. The second-order valence-corrected chi connectivity index (χ2v) is 3.64. The Morgan fingerprint density at radius 3 is 2.19 bits per heavy atom. The van der Waals surface area contributed by atoms with E-state index in [1.807, 2.05) is 18.2 Å². The van der Waals surface area contributed by atoms with E-state index in [1.165, 1.54) is 0 Å². The van der Waals surface area contributed by atoms with E-state index in [0.717, 1.165) is 43.0 Å². The Bertz CT molecular complexity index is 291. The Kier molecular flexibility index (Phi) is 5.72. The van der Waals surface area contributed by atoms with Gasteiger partial charge in [-0.2, -0.15) is 0 Å². The summed E-state index contributed by atoms with van der Waals surface area (Å²) in [7, 11) is 3.38. The summed E-state index contributed by atoms with van der Waals surface area (Å²) >= 11 is 0. The minimum atomic E-state index is 0.901. The molecular formula is C13H21NO2. The fraction of sp³-hybridized carbons (Fsp3) is 0.538. The van der Waals surface area contributed by atoms with Gasteiger partial charge in [0, 0.05) is 5.56 Å². The van der Waals surface area contributed by atoms with E-state index in [0.29, 0.717) is 0 Å². The zero-order valence-corrected chi connectivity index (χ0v) is 10.4. The summed E-state index contributed by atoms with van der Waals surface area (Å²) in [5, 5.41) is 3.38. The van der Waals surface area contributed by atoms with Crippen LogP contribution in [0, 0.1) is 0 Å². The first-order valence-electron chi connectivity index (χ1n) is 5.74. The molecule has 0 heterocycles. The molecule has 1 rings (SSSR count). The largest absolute Gasteiger partial charge is 0.496 e. The quantitative estimate of drug-likeness (QED) is 0.719. The van der Waals surface area contributed by atoms with E-state index in [2.05, 4.69) is 12.2 Å². The van der Waals surface area contributed by atoms with Gasteiger partial charge in [-0.25, -0.2) is 0 Å². The van der Waals surface area contributed by atoms with E-state index < -0.39 is 0 Å². The minimum Gasteiger partial charge on any atom is -0.496 e. The molecule has 16 heavy (non-hydrogen) atoms. The highest BCUT2D eigenvalue weighted by molar-refractivity contribution is 5.44. The Balaban J connectivity index is 2.67. The molecule has 0 fully saturated rings. The molecule has 0 atom stereocenters. The number of benzene rings is 1. The maximum Gasteiger partial charge on any atom is 0.125 e. The van der Waals surface area contributed by atoms with Crippen molar-refractivity contribution in [2.45, 2.75) is 19.8 Å². The van der Waals surface area contributed by atoms with Gasteiger partial charge in [0.05, 0.1) is 14.2 Å². The number of hydrogen-bond acceptors (Lipinski definition) is 3. The van der Waals surface area contributed by atoms with Crippen LogP contribution in [0.4, 0.5) is 0 Å². The standard InChI is InChI=1S/C13H21NO2/c1-4-9-14-10-8-11-12(15-2)6-5-7-13(11)16-3/h5-7,14H,4,8-10H2,1-3H3. The molecule has 0 spiro atoms. The van der Waals surface area contributed by atoms with E-state index in [-0.39, 0.29) is 0 Å². The van der Waals surface area contributed by atoms with Crippen molar-refractivity contribution in [2.24, 2.45) is 0 Å². The van der Waals surface area contributed by atoms with E-state index in [1.54, 1.807) is 14.2 Å². The van der Waals surface area contributed by atoms with Gasteiger partial charge in [0.15, 0.2) is 0 Å². The van der Waals surface area contributed by atoms with Crippen LogP contribution in [0.15, 0.2) is 18.2 Å². The first kappa shape index (κ1) is 12.8. The number of nitrogens with one attached hydrogen (secondary N) is 1. The van der Waals surface area contributed by atoms with E-state index in [4.69, 9.17) is 9.47 Å². The van der Waals surface area contributed by atoms with Gasteiger partial charge in [-0.15, -0.1) is 0 Å². The van der Waals surface area contributed by atoms with Gasteiger partial charge in [0.1, 0.15) is 11.5 Å². The molecule has 0 radical (unpaired) electrons. The highest BCUT2D eigenvalue weighted by atomic mass is 16.5. The zero-order chi connectivity index (χ0) is 11.8. The maximum atomic E-state index is 5.34. The Hall–Kier alpha value is -1.22. The van der Waals surface area contributed by atoms with Gasteiger partial charge in [-0.1, -0.05) is 13.0 Å². The van der Waals surface area contributed by atoms with Crippen LogP contribution in [-0.2, 0) is 6.42 Å². The summed E-state index contributed by atoms with van der Waals surface area (Å²) in [6, 6.07) is 5.88.